The van der Waals surface area contributed by atoms with Crippen molar-refractivity contribution in [3.05, 3.63) is 29.3 Å². The lowest BCUT2D eigenvalue weighted by molar-refractivity contribution is -0.135. The third kappa shape index (κ3) is 4.62. The zero-order valence-electron chi connectivity index (χ0n) is 17.3. The quantitative estimate of drug-likeness (QED) is 0.728. The van der Waals surface area contributed by atoms with Crippen LogP contribution in [0.5, 0.6) is 0 Å². The standard InChI is InChI=1S/C22H29ClN4O3/c23-18-6-1-2-7-19(18)27-15-17(14-20(27)28)22(30)26-11-5-8-24(12-13-26)16-21(29)25-9-3-4-10-25/h1-2,6-7,17H,3-5,8-16H2. The zero-order valence-corrected chi connectivity index (χ0v) is 18.0. The van der Waals surface area contributed by atoms with Crippen molar-refractivity contribution in [2.75, 3.05) is 57.3 Å². The molecule has 3 saturated heterocycles. The van der Waals surface area contributed by atoms with E-state index in [1.54, 1.807) is 11.0 Å². The Bertz CT molecular complexity index is 811. The van der Waals surface area contributed by atoms with Gasteiger partial charge in [0.05, 0.1) is 23.2 Å². The molecule has 1 atom stereocenters. The first-order chi connectivity index (χ1) is 14.5. The number of carbonyl (C=O) groups excluding carboxylic acids is 3. The van der Waals surface area contributed by atoms with Gasteiger partial charge in [-0.25, -0.2) is 0 Å². The van der Waals surface area contributed by atoms with E-state index in [-0.39, 0.29) is 30.1 Å². The lowest BCUT2D eigenvalue weighted by Gasteiger charge is -2.25. The van der Waals surface area contributed by atoms with Crippen molar-refractivity contribution in [2.45, 2.75) is 25.7 Å². The van der Waals surface area contributed by atoms with Crippen molar-refractivity contribution in [1.29, 1.82) is 0 Å². The molecule has 1 unspecified atom stereocenters. The highest BCUT2D eigenvalue weighted by Crippen LogP contribution is 2.31. The Morgan fingerprint density at radius 2 is 1.67 bits per heavy atom. The number of amides is 3. The smallest absolute Gasteiger partial charge is 0.236 e. The first-order valence-corrected chi connectivity index (χ1v) is 11.2. The monoisotopic (exact) mass is 432 g/mol. The number of hydrogen-bond donors (Lipinski definition) is 0. The van der Waals surface area contributed by atoms with Gasteiger partial charge in [0.1, 0.15) is 0 Å². The molecule has 0 saturated carbocycles. The maximum atomic E-state index is 13.1. The molecule has 30 heavy (non-hydrogen) atoms. The average molecular weight is 433 g/mol. The van der Waals surface area contributed by atoms with Gasteiger partial charge in [0.15, 0.2) is 0 Å². The number of carbonyl (C=O) groups is 3. The summed E-state index contributed by atoms with van der Waals surface area (Å²) in [6.45, 7) is 5.33. The highest BCUT2D eigenvalue weighted by Gasteiger charge is 2.38. The van der Waals surface area contributed by atoms with E-state index in [1.807, 2.05) is 28.0 Å². The maximum absolute atomic E-state index is 13.1. The maximum Gasteiger partial charge on any atom is 0.236 e. The first-order valence-electron chi connectivity index (χ1n) is 10.9. The highest BCUT2D eigenvalue weighted by atomic mass is 35.5. The van der Waals surface area contributed by atoms with Crippen LogP contribution in [0.15, 0.2) is 24.3 Å². The van der Waals surface area contributed by atoms with E-state index in [1.165, 1.54) is 0 Å². The molecule has 3 aliphatic rings. The number of para-hydroxylation sites is 1. The summed E-state index contributed by atoms with van der Waals surface area (Å²) in [5, 5.41) is 0.520. The van der Waals surface area contributed by atoms with E-state index in [4.69, 9.17) is 11.6 Å². The van der Waals surface area contributed by atoms with Crippen LogP contribution >= 0.6 is 11.6 Å². The number of benzene rings is 1. The van der Waals surface area contributed by atoms with Crippen LogP contribution in [0.1, 0.15) is 25.7 Å². The fourth-order valence-electron chi connectivity index (χ4n) is 4.64. The normalized spacial score (nSPS) is 23.2. The SMILES string of the molecule is O=C(CN1CCCN(C(=O)C2CC(=O)N(c3ccccc3Cl)C2)CC1)N1CCCC1. The minimum Gasteiger partial charge on any atom is -0.342 e. The molecule has 3 heterocycles. The summed E-state index contributed by atoms with van der Waals surface area (Å²) in [5.74, 6) is -0.171. The molecule has 1 aromatic carbocycles. The lowest BCUT2D eigenvalue weighted by Crippen LogP contribution is -2.42. The summed E-state index contributed by atoms with van der Waals surface area (Å²) in [4.78, 5) is 45.7. The van der Waals surface area contributed by atoms with E-state index in [0.29, 0.717) is 43.4 Å². The number of rotatable bonds is 4. The molecule has 3 fully saturated rings. The predicted molar refractivity (Wildman–Crippen MR) is 115 cm³/mol. The summed E-state index contributed by atoms with van der Waals surface area (Å²) < 4.78 is 0. The fourth-order valence-corrected chi connectivity index (χ4v) is 4.88. The summed E-state index contributed by atoms with van der Waals surface area (Å²) in [7, 11) is 0. The van der Waals surface area contributed by atoms with E-state index in [0.717, 1.165) is 38.9 Å². The van der Waals surface area contributed by atoms with Crippen LogP contribution in [0.25, 0.3) is 0 Å². The van der Waals surface area contributed by atoms with E-state index >= 15 is 0 Å². The number of halogens is 1. The van der Waals surface area contributed by atoms with Crippen molar-refractivity contribution >= 4 is 35.0 Å². The van der Waals surface area contributed by atoms with Crippen molar-refractivity contribution < 1.29 is 14.4 Å². The van der Waals surface area contributed by atoms with Gasteiger partial charge >= 0.3 is 0 Å². The van der Waals surface area contributed by atoms with Crippen LogP contribution in [0, 0.1) is 5.92 Å². The summed E-state index contributed by atoms with van der Waals surface area (Å²) in [5.41, 5.74) is 0.668. The van der Waals surface area contributed by atoms with E-state index in [9.17, 15) is 14.4 Å². The minimum absolute atomic E-state index is 0.0330. The molecular formula is C22H29ClN4O3. The van der Waals surface area contributed by atoms with E-state index in [2.05, 4.69) is 4.90 Å². The largest absolute Gasteiger partial charge is 0.342 e. The Balaban J connectivity index is 1.32. The van der Waals surface area contributed by atoms with Crippen molar-refractivity contribution in [1.82, 2.24) is 14.7 Å². The molecule has 8 heteroatoms. The minimum atomic E-state index is -0.341. The predicted octanol–water partition coefficient (Wildman–Crippen LogP) is 1.85. The molecule has 0 aromatic heterocycles. The summed E-state index contributed by atoms with van der Waals surface area (Å²) in [6, 6.07) is 7.24. The lowest BCUT2D eigenvalue weighted by atomic mass is 10.1. The molecule has 0 N–H and O–H groups in total. The topological polar surface area (TPSA) is 64.2 Å². The van der Waals surface area contributed by atoms with Crippen LogP contribution in [0.3, 0.4) is 0 Å². The van der Waals surface area contributed by atoms with Gasteiger partial charge in [-0.05, 0) is 31.4 Å². The van der Waals surface area contributed by atoms with Crippen molar-refractivity contribution in [3.63, 3.8) is 0 Å². The highest BCUT2D eigenvalue weighted by molar-refractivity contribution is 6.33. The second kappa shape index (κ2) is 9.35. The Morgan fingerprint density at radius 1 is 0.933 bits per heavy atom. The van der Waals surface area contributed by atoms with Crippen molar-refractivity contribution in [3.8, 4) is 0 Å². The average Bonchev–Trinajstić information content (AvgIpc) is 3.34. The number of hydrogen-bond acceptors (Lipinski definition) is 4. The van der Waals surface area contributed by atoms with E-state index < -0.39 is 0 Å². The summed E-state index contributed by atoms with van der Waals surface area (Å²) in [6.07, 6.45) is 3.25. The van der Waals surface area contributed by atoms with Gasteiger partial charge in [-0.2, -0.15) is 0 Å². The van der Waals surface area contributed by atoms with Gasteiger partial charge in [-0.3, -0.25) is 19.3 Å². The molecule has 0 aliphatic carbocycles. The molecule has 1 aromatic rings. The molecule has 3 aliphatic heterocycles. The molecule has 162 valence electrons. The molecular weight excluding hydrogens is 404 g/mol. The molecule has 0 spiro atoms. The van der Waals surface area contributed by atoms with Crippen LogP contribution < -0.4 is 4.90 Å². The Hall–Kier alpha value is -2.12. The second-order valence-corrected chi connectivity index (χ2v) is 8.81. The first kappa shape index (κ1) is 21.1. The van der Waals surface area contributed by atoms with Gasteiger partial charge in [-0.15, -0.1) is 0 Å². The Labute approximate surface area is 182 Å². The van der Waals surface area contributed by atoms with Crippen LogP contribution in [0.4, 0.5) is 5.69 Å². The number of nitrogens with zero attached hydrogens (tertiary/aromatic N) is 4. The number of anilines is 1. The van der Waals surface area contributed by atoms with Gasteiger partial charge in [0, 0.05) is 52.2 Å². The summed E-state index contributed by atoms with van der Waals surface area (Å²) >= 11 is 6.25. The van der Waals surface area contributed by atoms with Gasteiger partial charge in [0.2, 0.25) is 17.7 Å². The van der Waals surface area contributed by atoms with Crippen LogP contribution in [-0.2, 0) is 14.4 Å². The Kier molecular flexibility index (Phi) is 6.58. The van der Waals surface area contributed by atoms with Crippen molar-refractivity contribution in [2.24, 2.45) is 5.92 Å². The molecule has 0 radical (unpaired) electrons. The Morgan fingerprint density at radius 3 is 2.43 bits per heavy atom. The molecule has 4 rings (SSSR count). The molecule has 0 bridgehead atoms. The van der Waals surface area contributed by atoms with Gasteiger partial charge in [0.25, 0.3) is 0 Å². The fraction of sp³-hybridized carbons (Fsp3) is 0.591. The zero-order chi connectivity index (χ0) is 21.1. The molecule has 7 nitrogen and oxygen atoms in total. The number of likely N-dealkylation sites (tertiary alicyclic amines) is 1. The second-order valence-electron chi connectivity index (χ2n) is 8.40. The van der Waals surface area contributed by atoms with Crippen LogP contribution in [0.2, 0.25) is 5.02 Å². The molecule has 3 amide bonds. The van der Waals surface area contributed by atoms with Gasteiger partial charge in [-0.1, -0.05) is 23.7 Å². The third-order valence-electron chi connectivity index (χ3n) is 6.34. The van der Waals surface area contributed by atoms with Gasteiger partial charge < -0.3 is 14.7 Å². The third-order valence-corrected chi connectivity index (χ3v) is 6.65. The van der Waals surface area contributed by atoms with Crippen LogP contribution in [-0.4, -0.2) is 84.8 Å².